The Labute approximate surface area is 126 Å². The van der Waals surface area contributed by atoms with Crippen molar-refractivity contribution in [3.8, 4) is 0 Å². The number of carbonyl (C=O) groups is 1. The van der Waals surface area contributed by atoms with Gasteiger partial charge in [-0.25, -0.2) is 4.79 Å². The molecular formula is C19H24O2. The molecule has 0 heterocycles. The Morgan fingerprint density at radius 3 is 2.57 bits per heavy atom. The topological polar surface area (TPSA) is 26.3 Å². The van der Waals surface area contributed by atoms with Crippen LogP contribution in [0.1, 0.15) is 54.4 Å². The quantitative estimate of drug-likeness (QED) is 0.754. The molecule has 1 aromatic rings. The van der Waals surface area contributed by atoms with Gasteiger partial charge in [-0.15, -0.1) is 0 Å². The van der Waals surface area contributed by atoms with Gasteiger partial charge in [-0.05, 0) is 74.8 Å². The summed E-state index contributed by atoms with van der Waals surface area (Å²) < 4.78 is 5.94. The van der Waals surface area contributed by atoms with Crippen LogP contribution in [0.2, 0.25) is 0 Å². The van der Waals surface area contributed by atoms with Crippen molar-refractivity contribution < 1.29 is 9.53 Å². The molecule has 2 heteroatoms. The van der Waals surface area contributed by atoms with E-state index < -0.39 is 0 Å². The van der Waals surface area contributed by atoms with Crippen molar-refractivity contribution in [1.82, 2.24) is 0 Å². The van der Waals surface area contributed by atoms with E-state index in [2.05, 4.69) is 0 Å². The molecule has 4 rings (SSSR count). The van der Waals surface area contributed by atoms with E-state index in [1.807, 2.05) is 31.2 Å². The first kappa shape index (κ1) is 13.4. The summed E-state index contributed by atoms with van der Waals surface area (Å²) in [6, 6.07) is 7.74. The van der Waals surface area contributed by atoms with Crippen molar-refractivity contribution in [2.24, 2.45) is 23.7 Å². The first-order chi connectivity index (χ1) is 10.2. The minimum absolute atomic E-state index is 0.123. The van der Waals surface area contributed by atoms with Crippen molar-refractivity contribution >= 4 is 5.97 Å². The van der Waals surface area contributed by atoms with Crippen LogP contribution in [0, 0.1) is 30.6 Å². The zero-order valence-corrected chi connectivity index (χ0v) is 12.8. The van der Waals surface area contributed by atoms with Gasteiger partial charge in [0.15, 0.2) is 0 Å². The third kappa shape index (κ3) is 2.49. The molecule has 0 amide bonds. The van der Waals surface area contributed by atoms with Crippen LogP contribution in [0.5, 0.6) is 0 Å². The van der Waals surface area contributed by atoms with Crippen LogP contribution in [0.3, 0.4) is 0 Å². The summed E-state index contributed by atoms with van der Waals surface area (Å²) in [5.41, 5.74) is 1.88. The summed E-state index contributed by atoms with van der Waals surface area (Å²) in [7, 11) is 0. The molecule has 0 aliphatic heterocycles. The molecule has 3 aliphatic carbocycles. The highest BCUT2D eigenvalue weighted by Gasteiger charge is 2.47. The van der Waals surface area contributed by atoms with Crippen LogP contribution >= 0.6 is 0 Å². The Hall–Kier alpha value is -1.31. The number of fused-ring (bicyclic) bond motifs is 2. The van der Waals surface area contributed by atoms with Crippen molar-refractivity contribution in [3.05, 3.63) is 35.4 Å². The fourth-order valence-electron chi connectivity index (χ4n) is 5.08. The SMILES string of the molecule is Cc1ccc(C(=O)OC2CC3CC4CCC2C(C4)C3)cc1. The van der Waals surface area contributed by atoms with Gasteiger partial charge < -0.3 is 4.74 Å². The van der Waals surface area contributed by atoms with Crippen molar-refractivity contribution in [1.29, 1.82) is 0 Å². The Balaban J connectivity index is 1.49. The Kier molecular flexibility index (Phi) is 3.28. The predicted molar refractivity (Wildman–Crippen MR) is 82.0 cm³/mol. The molecule has 0 spiro atoms. The van der Waals surface area contributed by atoms with E-state index in [4.69, 9.17) is 4.74 Å². The standard InChI is InChI=1S/C19H24O2/c1-12-2-5-15(6-3-12)19(20)21-18-11-14-8-13-4-7-17(18)16(9-13)10-14/h2-3,5-6,13-14,16-18H,4,7-11H2,1H3. The van der Waals surface area contributed by atoms with E-state index in [-0.39, 0.29) is 12.1 Å². The third-order valence-corrected chi connectivity index (χ3v) is 6.04. The monoisotopic (exact) mass is 284 g/mol. The van der Waals surface area contributed by atoms with Gasteiger partial charge in [-0.3, -0.25) is 0 Å². The van der Waals surface area contributed by atoms with Crippen LogP contribution in [0.25, 0.3) is 0 Å². The van der Waals surface area contributed by atoms with Crippen LogP contribution in [-0.4, -0.2) is 12.1 Å². The molecule has 2 nitrogen and oxygen atoms in total. The van der Waals surface area contributed by atoms with Crippen molar-refractivity contribution in [2.75, 3.05) is 0 Å². The van der Waals surface area contributed by atoms with Gasteiger partial charge in [0, 0.05) is 0 Å². The first-order valence-electron chi connectivity index (χ1n) is 8.46. The fourth-order valence-corrected chi connectivity index (χ4v) is 5.08. The van der Waals surface area contributed by atoms with Gasteiger partial charge in [0.2, 0.25) is 0 Å². The number of aryl methyl sites for hydroxylation is 1. The lowest BCUT2D eigenvalue weighted by Gasteiger charge is -2.51. The normalized spacial score (nSPS) is 37.3. The van der Waals surface area contributed by atoms with Gasteiger partial charge >= 0.3 is 5.97 Å². The molecule has 3 saturated carbocycles. The number of benzene rings is 1. The number of ether oxygens (including phenoxy) is 1. The lowest BCUT2D eigenvalue weighted by atomic mass is 9.56. The van der Waals surface area contributed by atoms with Gasteiger partial charge in [0.1, 0.15) is 6.10 Å². The molecule has 0 aromatic heterocycles. The molecule has 0 saturated heterocycles. The van der Waals surface area contributed by atoms with E-state index in [0.717, 1.165) is 24.2 Å². The summed E-state index contributed by atoms with van der Waals surface area (Å²) in [6.07, 6.45) is 8.06. The molecule has 3 aliphatic rings. The Morgan fingerprint density at radius 1 is 1.00 bits per heavy atom. The lowest BCUT2D eigenvalue weighted by Crippen LogP contribution is -2.46. The van der Waals surface area contributed by atoms with Gasteiger partial charge in [0.05, 0.1) is 5.56 Å². The number of esters is 1. The summed E-state index contributed by atoms with van der Waals surface area (Å²) in [5, 5.41) is 0. The molecule has 5 unspecified atom stereocenters. The number of hydrogen-bond donors (Lipinski definition) is 0. The van der Waals surface area contributed by atoms with E-state index in [0.29, 0.717) is 11.5 Å². The largest absolute Gasteiger partial charge is 0.458 e. The van der Waals surface area contributed by atoms with Crippen molar-refractivity contribution in [3.63, 3.8) is 0 Å². The minimum atomic E-state index is -0.123. The second-order valence-electron chi connectivity index (χ2n) is 7.49. The average Bonchev–Trinajstić information content (AvgIpc) is 2.46. The summed E-state index contributed by atoms with van der Waals surface area (Å²) in [4.78, 5) is 12.4. The van der Waals surface area contributed by atoms with E-state index in [1.54, 1.807) is 0 Å². The van der Waals surface area contributed by atoms with Crippen LogP contribution in [-0.2, 0) is 4.74 Å². The fraction of sp³-hybridized carbons (Fsp3) is 0.632. The Morgan fingerprint density at radius 2 is 1.76 bits per heavy atom. The van der Waals surface area contributed by atoms with Crippen LogP contribution < -0.4 is 0 Å². The van der Waals surface area contributed by atoms with Gasteiger partial charge in [-0.1, -0.05) is 24.1 Å². The number of hydrogen-bond acceptors (Lipinski definition) is 2. The predicted octanol–water partition coefficient (Wildman–Crippen LogP) is 4.37. The zero-order chi connectivity index (χ0) is 14.4. The van der Waals surface area contributed by atoms with Crippen LogP contribution in [0.15, 0.2) is 24.3 Å². The summed E-state index contributed by atoms with van der Waals surface area (Å²) in [6.45, 7) is 2.04. The Bertz CT molecular complexity index is 527. The second-order valence-corrected chi connectivity index (χ2v) is 7.49. The molecule has 0 N–H and O–H groups in total. The van der Waals surface area contributed by atoms with Crippen molar-refractivity contribution in [2.45, 2.75) is 51.6 Å². The molecular weight excluding hydrogens is 260 g/mol. The first-order valence-corrected chi connectivity index (χ1v) is 8.46. The van der Waals surface area contributed by atoms with E-state index in [1.165, 1.54) is 37.7 Å². The zero-order valence-electron chi connectivity index (χ0n) is 12.8. The maximum atomic E-state index is 12.4. The van der Waals surface area contributed by atoms with E-state index in [9.17, 15) is 4.79 Å². The number of carbonyl (C=O) groups excluding carboxylic acids is 1. The molecule has 3 bridgehead atoms. The second kappa shape index (κ2) is 5.15. The molecule has 3 fully saturated rings. The summed E-state index contributed by atoms with van der Waals surface area (Å²) >= 11 is 0. The molecule has 0 radical (unpaired) electrons. The lowest BCUT2D eigenvalue weighted by molar-refractivity contribution is -0.0736. The minimum Gasteiger partial charge on any atom is -0.458 e. The highest BCUT2D eigenvalue weighted by molar-refractivity contribution is 5.89. The maximum Gasteiger partial charge on any atom is 0.338 e. The highest BCUT2D eigenvalue weighted by Crippen LogP contribution is 2.53. The molecule has 112 valence electrons. The number of rotatable bonds is 2. The molecule has 5 atom stereocenters. The smallest absolute Gasteiger partial charge is 0.338 e. The highest BCUT2D eigenvalue weighted by atomic mass is 16.5. The molecule has 21 heavy (non-hydrogen) atoms. The maximum absolute atomic E-state index is 12.4. The summed E-state index contributed by atoms with van der Waals surface area (Å²) in [5.74, 6) is 3.11. The average molecular weight is 284 g/mol. The van der Waals surface area contributed by atoms with Crippen LogP contribution in [0.4, 0.5) is 0 Å². The third-order valence-electron chi connectivity index (χ3n) is 6.04. The van der Waals surface area contributed by atoms with Gasteiger partial charge in [-0.2, -0.15) is 0 Å². The molecule has 1 aromatic carbocycles. The van der Waals surface area contributed by atoms with Gasteiger partial charge in [0.25, 0.3) is 0 Å². The van der Waals surface area contributed by atoms with E-state index >= 15 is 0 Å².